The summed E-state index contributed by atoms with van der Waals surface area (Å²) in [5.74, 6) is -0.206. The lowest BCUT2D eigenvalue weighted by atomic mass is 9.92. The molecule has 0 fully saturated rings. The summed E-state index contributed by atoms with van der Waals surface area (Å²) in [6.45, 7) is 5.98. The highest BCUT2D eigenvalue weighted by molar-refractivity contribution is 9.11. The number of aliphatic hydroxyl groups excluding tert-OH is 1. The van der Waals surface area contributed by atoms with E-state index in [0.717, 1.165) is 20.2 Å². The summed E-state index contributed by atoms with van der Waals surface area (Å²) >= 11 is 6.92. The van der Waals surface area contributed by atoms with Crippen LogP contribution in [0.5, 0.6) is 0 Å². The van der Waals surface area contributed by atoms with Gasteiger partial charge in [0.05, 0.1) is 0 Å². The second-order valence-electron chi connectivity index (χ2n) is 5.78. The molecule has 2 N–H and O–H groups in total. The highest BCUT2D eigenvalue weighted by Crippen LogP contribution is 2.47. The van der Waals surface area contributed by atoms with E-state index < -0.39 is 13.9 Å². The van der Waals surface area contributed by atoms with Crippen LogP contribution >= 0.6 is 31.9 Å². The topological polar surface area (TPSA) is 58.6 Å². The molecule has 4 nitrogen and oxygen atoms in total. The Morgan fingerprint density at radius 2 is 2.00 bits per heavy atom. The van der Waals surface area contributed by atoms with Gasteiger partial charge in [-0.3, -0.25) is 4.79 Å². The first-order valence-corrected chi connectivity index (χ1v) is 11.3. The van der Waals surface area contributed by atoms with Crippen molar-refractivity contribution in [3.63, 3.8) is 0 Å². The van der Waals surface area contributed by atoms with Gasteiger partial charge in [-0.25, -0.2) is 0 Å². The van der Waals surface area contributed by atoms with Crippen molar-refractivity contribution in [3.8, 4) is 0 Å². The quantitative estimate of drug-likeness (QED) is 0.728. The number of anilines is 1. The molecule has 0 spiro atoms. The molecule has 1 heterocycles. The van der Waals surface area contributed by atoms with Gasteiger partial charge in [0.2, 0.25) is 0 Å². The fraction of sp³-hybridized carbons (Fsp3) is 0.462. The van der Waals surface area contributed by atoms with Crippen LogP contribution in [-0.4, -0.2) is 25.9 Å². The number of benzene rings is 1. The molecule has 0 unspecified atom stereocenters. The first kappa shape index (κ1) is 16.2. The van der Waals surface area contributed by atoms with Gasteiger partial charge >= 0.3 is 0 Å². The Morgan fingerprint density at radius 3 is 2.55 bits per heavy atom. The first-order valence-electron chi connectivity index (χ1n) is 6.31. The molecule has 1 aliphatic heterocycles. The van der Waals surface area contributed by atoms with Crippen LogP contribution in [0.4, 0.5) is 5.69 Å². The number of hydrogen-bond acceptors (Lipinski definition) is 3. The van der Waals surface area contributed by atoms with Gasteiger partial charge in [0.1, 0.15) is 0 Å². The Bertz CT molecular complexity index is 559. The van der Waals surface area contributed by atoms with E-state index in [4.69, 9.17) is 4.43 Å². The number of halogens is 2. The van der Waals surface area contributed by atoms with E-state index in [2.05, 4.69) is 37.2 Å². The second-order valence-corrected chi connectivity index (χ2v) is 12.0. The van der Waals surface area contributed by atoms with Crippen LogP contribution in [0.25, 0.3) is 0 Å². The zero-order valence-electron chi connectivity index (χ0n) is 11.6. The van der Waals surface area contributed by atoms with Crippen LogP contribution in [0.2, 0.25) is 19.6 Å². The normalized spacial score (nSPS) is 21.8. The monoisotopic (exact) mass is 421 g/mol. The Kier molecular flexibility index (Phi) is 4.47. The van der Waals surface area contributed by atoms with Crippen molar-refractivity contribution in [2.45, 2.75) is 31.7 Å². The van der Waals surface area contributed by atoms with E-state index in [1.54, 1.807) is 0 Å². The molecule has 1 aliphatic rings. The molecule has 0 aromatic heterocycles. The highest BCUT2D eigenvalue weighted by atomic mass is 79.9. The summed E-state index contributed by atoms with van der Waals surface area (Å²) in [4.78, 5) is 12.5. The second kappa shape index (κ2) is 5.53. The van der Waals surface area contributed by atoms with E-state index in [0.29, 0.717) is 0 Å². The largest absolute Gasteiger partial charge is 0.400 e. The van der Waals surface area contributed by atoms with Gasteiger partial charge in [0, 0.05) is 33.2 Å². The molecule has 20 heavy (non-hydrogen) atoms. The maximum atomic E-state index is 12.5. The van der Waals surface area contributed by atoms with Crippen molar-refractivity contribution in [1.29, 1.82) is 0 Å². The minimum Gasteiger partial charge on any atom is -0.400 e. The molecular weight excluding hydrogens is 406 g/mol. The van der Waals surface area contributed by atoms with E-state index in [1.165, 1.54) is 0 Å². The molecule has 1 aromatic carbocycles. The van der Waals surface area contributed by atoms with Crippen LogP contribution in [0.3, 0.4) is 0 Å². The molecule has 7 heteroatoms. The van der Waals surface area contributed by atoms with E-state index in [1.807, 2.05) is 31.8 Å². The molecule has 1 aromatic rings. The van der Waals surface area contributed by atoms with Gasteiger partial charge in [0.15, 0.2) is 13.9 Å². The van der Waals surface area contributed by atoms with Crippen molar-refractivity contribution in [2.24, 2.45) is 0 Å². The number of carbonyl (C=O) groups is 1. The van der Waals surface area contributed by atoms with Crippen molar-refractivity contribution in [1.82, 2.24) is 0 Å². The predicted octanol–water partition coefficient (Wildman–Crippen LogP) is 3.59. The SMILES string of the molecule is C[Si](C)(C)O[C@@]1(CCO)C(=O)Nc2cc(Br)cc(Br)c21. The van der Waals surface area contributed by atoms with Gasteiger partial charge in [-0.05, 0) is 31.8 Å². The molecule has 0 aliphatic carbocycles. The third-order valence-corrected chi connectivity index (χ3v) is 5.06. The maximum Gasteiger partial charge on any atom is 0.260 e. The average molecular weight is 423 g/mol. The number of hydrogen-bond donors (Lipinski definition) is 2. The highest BCUT2D eigenvalue weighted by Gasteiger charge is 2.51. The summed E-state index contributed by atoms with van der Waals surface area (Å²) in [6, 6.07) is 3.74. The van der Waals surface area contributed by atoms with Crippen molar-refractivity contribution < 1.29 is 14.3 Å². The predicted molar refractivity (Wildman–Crippen MR) is 88.3 cm³/mol. The molecule has 1 atom stereocenters. The van der Waals surface area contributed by atoms with Gasteiger partial charge in [-0.2, -0.15) is 0 Å². The maximum absolute atomic E-state index is 12.5. The lowest BCUT2D eigenvalue weighted by Crippen LogP contribution is -2.46. The van der Waals surface area contributed by atoms with Crippen molar-refractivity contribution in [2.75, 3.05) is 11.9 Å². The van der Waals surface area contributed by atoms with Crippen molar-refractivity contribution >= 4 is 51.8 Å². The number of aliphatic hydroxyl groups is 1. The number of carbonyl (C=O) groups excluding carboxylic acids is 1. The van der Waals surface area contributed by atoms with Gasteiger partial charge in [-0.1, -0.05) is 31.9 Å². The van der Waals surface area contributed by atoms with Gasteiger partial charge in [-0.15, -0.1) is 0 Å². The number of nitrogens with one attached hydrogen (secondary N) is 1. The smallest absolute Gasteiger partial charge is 0.260 e. The van der Waals surface area contributed by atoms with Crippen LogP contribution in [0.15, 0.2) is 21.1 Å². The molecule has 0 radical (unpaired) electrons. The lowest BCUT2D eigenvalue weighted by Gasteiger charge is -2.34. The zero-order chi connectivity index (χ0) is 15.1. The number of amides is 1. The molecular formula is C13H17Br2NO3Si. The molecule has 2 rings (SSSR count). The Hall–Kier alpha value is -0.213. The Labute approximate surface area is 136 Å². The molecule has 1 amide bonds. The minimum absolute atomic E-state index is 0.111. The summed E-state index contributed by atoms with van der Waals surface area (Å²) < 4.78 is 7.88. The van der Waals surface area contributed by atoms with Crippen molar-refractivity contribution in [3.05, 3.63) is 26.6 Å². The first-order chi connectivity index (χ1) is 9.19. The lowest BCUT2D eigenvalue weighted by molar-refractivity contribution is -0.133. The zero-order valence-corrected chi connectivity index (χ0v) is 15.8. The summed E-state index contributed by atoms with van der Waals surface area (Å²) in [5, 5.41) is 12.3. The van der Waals surface area contributed by atoms with Crippen LogP contribution in [-0.2, 0) is 14.8 Å². The molecule has 110 valence electrons. The van der Waals surface area contributed by atoms with E-state index >= 15 is 0 Å². The summed E-state index contributed by atoms with van der Waals surface area (Å²) in [5.41, 5.74) is 0.402. The van der Waals surface area contributed by atoms with E-state index in [9.17, 15) is 9.90 Å². The fourth-order valence-electron chi connectivity index (χ4n) is 2.49. The van der Waals surface area contributed by atoms with E-state index in [-0.39, 0.29) is 18.9 Å². The third kappa shape index (κ3) is 2.87. The molecule has 0 saturated carbocycles. The van der Waals surface area contributed by atoms with Crippen LogP contribution in [0.1, 0.15) is 12.0 Å². The Morgan fingerprint density at radius 1 is 1.35 bits per heavy atom. The van der Waals surface area contributed by atoms with Gasteiger partial charge in [0.25, 0.3) is 5.91 Å². The molecule has 0 bridgehead atoms. The summed E-state index contributed by atoms with van der Waals surface area (Å²) in [7, 11) is -1.98. The third-order valence-electron chi connectivity index (χ3n) is 3.02. The number of rotatable bonds is 4. The number of fused-ring (bicyclic) bond motifs is 1. The summed E-state index contributed by atoms with van der Waals surface area (Å²) in [6.07, 6.45) is 0.246. The average Bonchev–Trinajstić information content (AvgIpc) is 2.49. The Balaban J connectivity index is 2.62. The minimum atomic E-state index is -1.98. The van der Waals surface area contributed by atoms with Crippen LogP contribution in [0, 0.1) is 0 Å². The molecule has 0 saturated heterocycles. The van der Waals surface area contributed by atoms with Gasteiger partial charge < -0.3 is 14.8 Å². The van der Waals surface area contributed by atoms with Crippen LogP contribution < -0.4 is 5.32 Å². The fourth-order valence-corrected chi connectivity index (χ4v) is 5.37. The standard InChI is InChI=1S/C13H17Br2NO3Si/c1-20(2,3)19-13(4-5-17)11-9(15)6-8(14)7-10(11)16-12(13)18/h6-7,17H,4-5H2,1-3H3,(H,16,18)/t13-/m1/s1.